The van der Waals surface area contributed by atoms with Crippen molar-refractivity contribution in [1.29, 1.82) is 0 Å². The first-order chi connectivity index (χ1) is 12.1. The monoisotopic (exact) mass is 338 g/mol. The molecule has 0 bridgehead atoms. The molecule has 3 rings (SSSR count). The van der Waals surface area contributed by atoms with E-state index in [2.05, 4.69) is 22.3 Å². The quantitative estimate of drug-likeness (QED) is 0.868. The van der Waals surface area contributed by atoms with E-state index in [1.165, 1.54) is 18.2 Å². The smallest absolute Gasteiger partial charge is 0.323 e. The second-order valence-electron chi connectivity index (χ2n) is 6.19. The van der Waals surface area contributed by atoms with Crippen LogP contribution in [0.25, 0.3) is 0 Å². The van der Waals surface area contributed by atoms with Crippen molar-refractivity contribution in [2.75, 3.05) is 14.2 Å². The summed E-state index contributed by atoms with van der Waals surface area (Å²) < 4.78 is 5.00. The van der Waals surface area contributed by atoms with E-state index in [1.807, 2.05) is 24.3 Å². The summed E-state index contributed by atoms with van der Waals surface area (Å²) >= 11 is 0. The zero-order valence-electron chi connectivity index (χ0n) is 14.5. The molecule has 2 aromatic rings. The number of fused-ring (bicyclic) bond motifs is 1. The summed E-state index contributed by atoms with van der Waals surface area (Å²) in [4.78, 5) is 26.0. The summed E-state index contributed by atoms with van der Waals surface area (Å²) in [5.74, 6) is -0.317. The van der Waals surface area contributed by atoms with Crippen LogP contribution in [0.1, 0.15) is 27.0 Å². The average Bonchev–Trinajstić information content (AvgIpc) is 2.66. The average molecular weight is 338 g/mol. The van der Waals surface area contributed by atoms with E-state index in [1.54, 1.807) is 19.2 Å². The molecule has 25 heavy (non-hydrogen) atoms. The molecule has 0 aromatic heterocycles. The van der Waals surface area contributed by atoms with Crippen molar-refractivity contribution in [3.05, 3.63) is 70.8 Å². The largest absolute Gasteiger partial charge is 0.468 e. The van der Waals surface area contributed by atoms with Crippen LogP contribution in [0.2, 0.25) is 0 Å². The maximum Gasteiger partial charge on any atom is 0.323 e. The maximum atomic E-state index is 12.2. The van der Waals surface area contributed by atoms with Gasteiger partial charge in [-0.1, -0.05) is 36.4 Å². The molecule has 0 radical (unpaired) electrons. The summed E-state index contributed by atoms with van der Waals surface area (Å²) in [5.41, 5.74) is 4.12. The minimum absolute atomic E-state index is 0.106. The number of carbonyl (C=O) groups excluding carboxylic acids is 2. The van der Waals surface area contributed by atoms with Crippen molar-refractivity contribution in [1.82, 2.24) is 10.2 Å². The van der Waals surface area contributed by atoms with Crippen LogP contribution in [0.3, 0.4) is 0 Å². The Morgan fingerprint density at radius 2 is 1.80 bits per heavy atom. The van der Waals surface area contributed by atoms with E-state index >= 15 is 0 Å². The fourth-order valence-corrected chi connectivity index (χ4v) is 3.25. The Morgan fingerprint density at radius 3 is 2.44 bits per heavy atom. The molecule has 1 aliphatic rings. The van der Waals surface area contributed by atoms with E-state index < -0.39 is 0 Å². The fraction of sp³-hybridized carbons (Fsp3) is 0.300. The summed E-state index contributed by atoms with van der Waals surface area (Å²) in [6.07, 6.45) is 0.652. The second kappa shape index (κ2) is 7.49. The lowest BCUT2D eigenvalue weighted by molar-refractivity contribution is -0.148. The first kappa shape index (κ1) is 17.2. The molecule has 1 amide bonds. The van der Waals surface area contributed by atoms with Crippen LogP contribution in [0.5, 0.6) is 0 Å². The van der Waals surface area contributed by atoms with Crippen LogP contribution in [0.4, 0.5) is 0 Å². The molecule has 0 unspecified atom stereocenters. The molecule has 1 N–H and O–H groups in total. The molecule has 0 saturated heterocycles. The van der Waals surface area contributed by atoms with Crippen LogP contribution in [-0.2, 0) is 29.0 Å². The SMILES string of the molecule is CNC(=O)c1ccc(CN2Cc3ccccc3C[C@@H]2C(=O)OC)cc1. The van der Waals surface area contributed by atoms with Crippen molar-refractivity contribution in [2.45, 2.75) is 25.6 Å². The highest BCUT2D eigenvalue weighted by Gasteiger charge is 2.32. The molecule has 5 nitrogen and oxygen atoms in total. The Morgan fingerprint density at radius 1 is 1.12 bits per heavy atom. The Hall–Kier alpha value is -2.66. The van der Waals surface area contributed by atoms with Gasteiger partial charge >= 0.3 is 5.97 Å². The summed E-state index contributed by atoms with van der Waals surface area (Å²) in [6, 6.07) is 15.4. The molecule has 2 aromatic carbocycles. The highest BCUT2D eigenvalue weighted by Crippen LogP contribution is 2.25. The van der Waals surface area contributed by atoms with Gasteiger partial charge in [-0.05, 0) is 35.2 Å². The van der Waals surface area contributed by atoms with Gasteiger partial charge in [0.1, 0.15) is 6.04 Å². The third-order valence-corrected chi connectivity index (χ3v) is 4.65. The van der Waals surface area contributed by atoms with E-state index in [0.29, 0.717) is 25.1 Å². The number of methoxy groups -OCH3 is 1. The molecule has 0 fully saturated rings. The van der Waals surface area contributed by atoms with Crippen LogP contribution < -0.4 is 5.32 Å². The molecule has 0 aliphatic carbocycles. The number of ether oxygens (including phenoxy) is 1. The second-order valence-corrected chi connectivity index (χ2v) is 6.19. The van der Waals surface area contributed by atoms with Gasteiger partial charge in [-0.25, -0.2) is 0 Å². The Bertz CT molecular complexity index is 771. The predicted molar refractivity (Wildman–Crippen MR) is 95.0 cm³/mol. The molecule has 1 aliphatic heterocycles. The molecular formula is C20H22N2O3. The van der Waals surface area contributed by atoms with Gasteiger partial charge in [0.2, 0.25) is 0 Å². The van der Waals surface area contributed by atoms with Crippen molar-refractivity contribution < 1.29 is 14.3 Å². The highest BCUT2D eigenvalue weighted by molar-refractivity contribution is 5.93. The lowest BCUT2D eigenvalue weighted by atomic mass is 9.93. The zero-order valence-corrected chi connectivity index (χ0v) is 14.5. The number of amides is 1. The summed E-state index contributed by atoms with van der Waals surface area (Å²) in [7, 11) is 3.04. The Kier molecular flexibility index (Phi) is 5.14. The minimum atomic E-state index is -0.293. The first-order valence-corrected chi connectivity index (χ1v) is 8.32. The lowest BCUT2D eigenvalue weighted by Crippen LogP contribution is -2.45. The van der Waals surface area contributed by atoms with Crippen molar-refractivity contribution >= 4 is 11.9 Å². The van der Waals surface area contributed by atoms with E-state index in [4.69, 9.17) is 4.74 Å². The lowest BCUT2D eigenvalue weighted by Gasteiger charge is -2.35. The van der Waals surface area contributed by atoms with E-state index in [9.17, 15) is 9.59 Å². The number of hydrogen-bond donors (Lipinski definition) is 1. The van der Waals surface area contributed by atoms with Crippen molar-refractivity contribution in [2.24, 2.45) is 0 Å². The number of benzene rings is 2. The normalized spacial score (nSPS) is 16.8. The minimum Gasteiger partial charge on any atom is -0.468 e. The Labute approximate surface area is 147 Å². The van der Waals surface area contributed by atoms with E-state index in [0.717, 1.165) is 5.56 Å². The van der Waals surface area contributed by atoms with Crippen LogP contribution >= 0.6 is 0 Å². The molecule has 1 atom stereocenters. The topological polar surface area (TPSA) is 58.6 Å². The van der Waals surface area contributed by atoms with Crippen molar-refractivity contribution in [3.63, 3.8) is 0 Å². The van der Waals surface area contributed by atoms with Crippen LogP contribution in [0, 0.1) is 0 Å². The van der Waals surface area contributed by atoms with Gasteiger partial charge < -0.3 is 10.1 Å². The fourth-order valence-electron chi connectivity index (χ4n) is 3.25. The molecule has 130 valence electrons. The van der Waals surface area contributed by atoms with E-state index in [-0.39, 0.29) is 17.9 Å². The number of esters is 1. The van der Waals surface area contributed by atoms with Gasteiger partial charge in [-0.3, -0.25) is 14.5 Å². The molecule has 0 spiro atoms. The number of carbonyl (C=O) groups is 2. The van der Waals surface area contributed by atoms with Gasteiger partial charge in [-0.15, -0.1) is 0 Å². The van der Waals surface area contributed by atoms with Gasteiger partial charge in [-0.2, -0.15) is 0 Å². The number of rotatable bonds is 4. The maximum absolute atomic E-state index is 12.2. The predicted octanol–water partition coefficient (Wildman–Crippen LogP) is 2.15. The van der Waals surface area contributed by atoms with Crippen molar-refractivity contribution in [3.8, 4) is 0 Å². The van der Waals surface area contributed by atoms with Gasteiger partial charge in [0.25, 0.3) is 5.91 Å². The molecule has 0 saturated carbocycles. The van der Waals surface area contributed by atoms with Crippen LogP contribution in [-0.4, -0.2) is 37.0 Å². The number of hydrogen-bond acceptors (Lipinski definition) is 4. The Balaban J connectivity index is 1.81. The standard InChI is InChI=1S/C20H22N2O3/c1-21-19(23)15-9-7-14(8-10-15)12-22-13-17-6-4-3-5-16(17)11-18(22)20(24)25-2/h3-10,18H,11-13H2,1-2H3,(H,21,23)/t18-/m1/s1. The molecule has 5 heteroatoms. The first-order valence-electron chi connectivity index (χ1n) is 8.32. The summed E-state index contributed by atoms with van der Waals surface area (Å²) in [5, 5.41) is 2.61. The number of nitrogens with one attached hydrogen (secondary N) is 1. The highest BCUT2D eigenvalue weighted by atomic mass is 16.5. The third-order valence-electron chi connectivity index (χ3n) is 4.65. The zero-order chi connectivity index (χ0) is 17.8. The number of nitrogens with zero attached hydrogens (tertiary/aromatic N) is 1. The van der Waals surface area contributed by atoms with Gasteiger partial charge in [0.05, 0.1) is 7.11 Å². The molecule has 1 heterocycles. The third kappa shape index (κ3) is 3.72. The van der Waals surface area contributed by atoms with Gasteiger partial charge in [0, 0.05) is 25.7 Å². The molecular weight excluding hydrogens is 316 g/mol. The van der Waals surface area contributed by atoms with Gasteiger partial charge in [0.15, 0.2) is 0 Å². The summed E-state index contributed by atoms with van der Waals surface area (Å²) in [6.45, 7) is 1.33. The van der Waals surface area contributed by atoms with Crippen LogP contribution in [0.15, 0.2) is 48.5 Å².